The number of anilines is 1. The Kier molecular flexibility index (Phi) is 4.99. The Hall–Kier alpha value is -4.92. The van der Waals surface area contributed by atoms with E-state index in [1.54, 1.807) is 31.0 Å². The lowest BCUT2D eigenvalue weighted by molar-refractivity contribution is -0.115. The first-order chi connectivity index (χ1) is 17.2. The number of fused-ring (bicyclic) bond motifs is 2. The van der Waals surface area contributed by atoms with Crippen molar-refractivity contribution in [2.75, 3.05) is 5.32 Å². The fourth-order valence-corrected chi connectivity index (χ4v) is 4.07. The van der Waals surface area contributed by atoms with Crippen molar-refractivity contribution in [2.24, 2.45) is 0 Å². The van der Waals surface area contributed by atoms with Crippen LogP contribution in [0.5, 0.6) is 0 Å². The van der Waals surface area contributed by atoms with Gasteiger partial charge in [-0.05, 0) is 42.5 Å². The van der Waals surface area contributed by atoms with Crippen molar-refractivity contribution in [1.29, 1.82) is 0 Å². The molecule has 6 heterocycles. The van der Waals surface area contributed by atoms with Gasteiger partial charge in [0.25, 0.3) is 0 Å². The standard InChI is InChI=1S/C26H20N8O/c1-2-23(35)30-17-11-16(13-28-14-17)19-3-4-21-25(32-19)26(34-33-21)22-12-18-20(31-22)7-10-29-24(18)15-5-8-27-9-6-15/h3-14,31H,2H2,1H3,(H,30,35)(H,33,34). The van der Waals surface area contributed by atoms with Gasteiger partial charge in [0.2, 0.25) is 5.91 Å². The summed E-state index contributed by atoms with van der Waals surface area (Å²) in [6, 6.07) is 13.6. The fraction of sp³-hybridized carbons (Fsp3) is 0.0769. The second kappa shape index (κ2) is 8.45. The third-order valence-corrected chi connectivity index (χ3v) is 5.80. The predicted molar refractivity (Wildman–Crippen MR) is 134 cm³/mol. The maximum atomic E-state index is 11.8. The molecule has 0 aliphatic carbocycles. The highest BCUT2D eigenvalue weighted by atomic mass is 16.1. The Bertz CT molecular complexity index is 1690. The second-order valence-corrected chi connectivity index (χ2v) is 8.07. The molecule has 6 rings (SSSR count). The molecule has 0 saturated carbocycles. The second-order valence-electron chi connectivity index (χ2n) is 8.07. The number of amides is 1. The number of aromatic amines is 2. The van der Waals surface area contributed by atoms with Gasteiger partial charge in [-0.3, -0.25) is 24.8 Å². The summed E-state index contributed by atoms with van der Waals surface area (Å²) in [5.41, 5.74) is 8.08. The average molecular weight is 461 g/mol. The highest BCUT2D eigenvalue weighted by Gasteiger charge is 2.16. The van der Waals surface area contributed by atoms with Crippen LogP contribution >= 0.6 is 0 Å². The topological polar surface area (TPSA) is 125 Å². The number of rotatable bonds is 5. The Balaban J connectivity index is 1.43. The van der Waals surface area contributed by atoms with Crippen LogP contribution < -0.4 is 5.32 Å². The number of aromatic nitrogens is 7. The van der Waals surface area contributed by atoms with E-state index in [9.17, 15) is 4.79 Å². The SMILES string of the molecule is CCC(=O)Nc1cncc(-c2ccc3[nH]nc(-c4cc5c(-c6ccncc6)nccc5[nH]4)c3n2)c1. The first-order valence-electron chi connectivity index (χ1n) is 11.2. The number of nitrogens with one attached hydrogen (secondary N) is 3. The molecule has 0 saturated heterocycles. The van der Waals surface area contributed by atoms with Gasteiger partial charge >= 0.3 is 0 Å². The van der Waals surface area contributed by atoms with Gasteiger partial charge in [-0.2, -0.15) is 5.10 Å². The zero-order valence-corrected chi connectivity index (χ0v) is 18.8. The summed E-state index contributed by atoms with van der Waals surface area (Å²) >= 11 is 0. The molecule has 0 spiro atoms. The zero-order valence-electron chi connectivity index (χ0n) is 18.8. The first-order valence-corrected chi connectivity index (χ1v) is 11.2. The van der Waals surface area contributed by atoms with Gasteiger partial charge in [-0.1, -0.05) is 6.92 Å². The van der Waals surface area contributed by atoms with Gasteiger partial charge < -0.3 is 10.3 Å². The van der Waals surface area contributed by atoms with Crippen LogP contribution in [0.2, 0.25) is 0 Å². The van der Waals surface area contributed by atoms with Crippen molar-refractivity contribution in [2.45, 2.75) is 13.3 Å². The van der Waals surface area contributed by atoms with Crippen LogP contribution in [0.25, 0.3) is 55.8 Å². The van der Waals surface area contributed by atoms with Crippen LogP contribution in [0.15, 0.2) is 73.4 Å². The summed E-state index contributed by atoms with van der Waals surface area (Å²) in [7, 11) is 0. The summed E-state index contributed by atoms with van der Waals surface area (Å²) in [5, 5.41) is 11.4. The third kappa shape index (κ3) is 3.78. The van der Waals surface area contributed by atoms with Crippen molar-refractivity contribution in [3.63, 3.8) is 0 Å². The number of hydrogen-bond donors (Lipinski definition) is 3. The molecule has 0 atom stereocenters. The van der Waals surface area contributed by atoms with E-state index in [2.05, 4.69) is 35.5 Å². The van der Waals surface area contributed by atoms with Gasteiger partial charge in [-0.15, -0.1) is 0 Å². The van der Waals surface area contributed by atoms with E-state index >= 15 is 0 Å². The summed E-state index contributed by atoms with van der Waals surface area (Å²) in [6.45, 7) is 1.81. The zero-order chi connectivity index (χ0) is 23.8. The van der Waals surface area contributed by atoms with Crippen LogP contribution in [0, 0.1) is 0 Å². The predicted octanol–water partition coefficient (Wildman–Crippen LogP) is 4.97. The summed E-state index contributed by atoms with van der Waals surface area (Å²) < 4.78 is 0. The van der Waals surface area contributed by atoms with E-state index < -0.39 is 0 Å². The molecule has 6 aromatic heterocycles. The van der Waals surface area contributed by atoms with Crippen molar-refractivity contribution < 1.29 is 4.79 Å². The highest BCUT2D eigenvalue weighted by Crippen LogP contribution is 2.33. The fourth-order valence-electron chi connectivity index (χ4n) is 4.07. The molecule has 3 N–H and O–H groups in total. The van der Waals surface area contributed by atoms with E-state index in [1.807, 2.05) is 49.4 Å². The van der Waals surface area contributed by atoms with Crippen LogP contribution in [-0.2, 0) is 4.79 Å². The number of H-pyrrole nitrogens is 2. The van der Waals surface area contributed by atoms with E-state index in [0.717, 1.165) is 50.1 Å². The van der Waals surface area contributed by atoms with Crippen LogP contribution in [0.3, 0.4) is 0 Å². The summed E-state index contributed by atoms with van der Waals surface area (Å²) in [6.07, 6.45) is 9.05. The molecule has 170 valence electrons. The molecule has 35 heavy (non-hydrogen) atoms. The molecule has 0 aliphatic rings. The molecule has 0 unspecified atom stereocenters. The van der Waals surface area contributed by atoms with Gasteiger partial charge in [-0.25, -0.2) is 4.98 Å². The molecule has 9 nitrogen and oxygen atoms in total. The van der Waals surface area contributed by atoms with Crippen LogP contribution in [0.4, 0.5) is 5.69 Å². The quantitative estimate of drug-likeness (QED) is 0.333. The van der Waals surface area contributed by atoms with E-state index in [4.69, 9.17) is 4.98 Å². The molecule has 0 aliphatic heterocycles. The maximum Gasteiger partial charge on any atom is 0.224 e. The summed E-state index contributed by atoms with van der Waals surface area (Å²) in [4.78, 5) is 33.1. The molecular weight excluding hydrogens is 440 g/mol. The van der Waals surface area contributed by atoms with Crippen molar-refractivity contribution in [3.8, 4) is 33.9 Å². The minimum Gasteiger partial charge on any atom is -0.353 e. The Morgan fingerprint density at radius 1 is 0.914 bits per heavy atom. The lowest BCUT2D eigenvalue weighted by atomic mass is 10.1. The largest absolute Gasteiger partial charge is 0.353 e. The summed E-state index contributed by atoms with van der Waals surface area (Å²) in [5.74, 6) is -0.0658. The minimum absolute atomic E-state index is 0.0658. The van der Waals surface area contributed by atoms with Gasteiger partial charge in [0.1, 0.15) is 11.2 Å². The lowest BCUT2D eigenvalue weighted by Crippen LogP contribution is -2.09. The Labute approximate surface area is 199 Å². The van der Waals surface area contributed by atoms with Crippen LogP contribution in [0.1, 0.15) is 13.3 Å². The van der Waals surface area contributed by atoms with Crippen LogP contribution in [-0.4, -0.2) is 41.0 Å². The minimum atomic E-state index is -0.0658. The van der Waals surface area contributed by atoms with Gasteiger partial charge in [0, 0.05) is 53.2 Å². The number of pyridine rings is 4. The number of carbonyl (C=O) groups excluding carboxylic acids is 1. The molecular formula is C26H20N8O. The Morgan fingerprint density at radius 3 is 2.66 bits per heavy atom. The molecule has 0 fully saturated rings. The molecule has 0 radical (unpaired) electrons. The van der Waals surface area contributed by atoms with Crippen molar-refractivity contribution in [1.82, 2.24) is 35.1 Å². The maximum absolute atomic E-state index is 11.8. The van der Waals surface area contributed by atoms with Crippen molar-refractivity contribution in [3.05, 3.63) is 73.4 Å². The average Bonchev–Trinajstić information content (AvgIpc) is 3.53. The molecule has 9 heteroatoms. The van der Waals surface area contributed by atoms with Gasteiger partial charge in [0.15, 0.2) is 0 Å². The highest BCUT2D eigenvalue weighted by molar-refractivity contribution is 5.99. The number of carbonyl (C=O) groups is 1. The molecule has 6 aromatic rings. The number of nitrogens with zero attached hydrogens (tertiary/aromatic N) is 5. The normalized spacial score (nSPS) is 11.2. The number of hydrogen-bond acceptors (Lipinski definition) is 6. The monoisotopic (exact) mass is 460 g/mol. The van der Waals surface area contributed by atoms with Gasteiger partial charge in [0.05, 0.1) is 34.5 Å². The van der Waals surface area contributed by atoms with Crippen molar-refractivity contribution >= 4 is 33.5 Å². The first kappa shape index (κ1) is 20.7. The molecule has 0 bridgehead atoms. The van der Waals surface area contributed by atoms with E-state index in [1.165, 1.54) is 0 Å². The Morgan fingerprint density at radius 2 is 1.80 bits per heavy atom. The smallest absolute Gasteiger partial charge is 0.224 e. The third-order valence-electron chi connectivity index (χ3n) is 5.80. The molecule has 1 amide bonds. The van der Waals surface area contributed by atoms with E-state index in [0.29, 0.717) is 17.8 Å². The molecule has 0 aromatic carbocycles. The van der Waals surface area contributed by atoms with E-state index in [-0.39, 0.29) is 5.91 Å². The lowest BCUT2D eigenvalue weighted by Gasteiger charge is -2.06.